The van der Waals surface area contributed by atoms with Crippen molar-refractivity contribution in [1.29, 1.82) is 0 Å². The Bertz CT molecular complexity index is 634. The molecule has 2 rings (SSSR count). The molecule has 0 spiro atoms. The summed E-state index contributed by atoms with van der Waals surface area (Å²) in [5.74, 6) is 0.0192. The number of amides is 1. The monoisotopic (exact) mass is 301 g/mol. The van der Waals surface area contributed by atoms with E-state index < -0.39 is 0 Å². The average molecular weight is 302 g/mol. The highest BCUT2D eigenvalue weighted by Gasteiger charge is 2.12. The molecule has 0 aliphatic rings. The number of rotatable bonds is 4. The Morgan fingerprint density at radius 2 is 1.81 bits per heavy atom. The fourth-order valence-electron chi connectivity index (χ4n) is 2.38. The van der Waals surface area contributed by atoms with Crippen LogP contribution in [0.4, 0.5) is 0 Å². The molecule has 110 valence electrons. The van der Waals surface area contributed by atoms with Crippen LogP contribution < -0.4 is 5.32 Å². The van der Waals surface area contributed by atoms with E-state index in [1.54, 1.807) is 12.1 Å². The molecule has 1 N–H and O–H groups in total. The van der Waals surface area contributed by atoms with Gasteiger partial charge in [0.05, 0.1) is 12.5 Å². The van der Waals surface area contributed by atoms with E-state index in [1.165, 1.54) is 16.7 Å². The molecule has 0 saturated carbocycles. The Hall–Kier alpha value is -1.80. The predicted molar refractivity (Wildman–Crippen MR) is 87.6 cm³/mol. The molecule has 1 unspecified atom stereocenters. The zero-order chi connectivity index (χ0) is 15.4. The van der Waals surface area contributed by atoms with Crippen LogP contribution in [0.15, 0.2) is 42.5 Å². The molecule has 1 atom stereocenters. The lowest BCUT2D eigenvalue weighted by Crippen LogP contribution is -2.28. The molecule has 0 aromatic heterocycles. The minimum atomic E-state index is 0.00435. The van der Waals surface area contributed by atoms with Gasteiger partial charge in [-0.25, -0.2) is 0 Å². The van der Waals surface area contributed by atoms with E-state index >= 15 is 0 Å². The first-order valence-electron chi connectivity index (χ1n) is 7.06. The number of carbonyl (C=O) groups excluding carboxylic acids is 1. The second-order valence-corrected chi connectivity index (χ2v) is 5.89. The summed E-state index contributed by atoms with van der Waals surface area (Å²) in [5.41, 5.74) is 4.53. The Morgan fingerprint density at radius 3 is 2.48 bits per heavy atom. The van der Waals surface area contributed by atoms with Crippen LogP contribution in [0.2, 0.25) is 5.02 Å². The molecule has 0 heterocycles. The van der Waals surface area contributed by atoms with Gasteiger partial charge in [-0.1, -0.05) is 47.5 Å². The predicted octanol–water partition coefficient (Wildman–Crippen LogP) is 4.38. The smallest absolute Gasteiger partial charge is 0.224 e. The molecule has 0 aliphatic carbocycles. The number of hydrogen-bond donors (Lipinski definition) is 1. The standard InChI is InChI=1S/C18H20ClNO/c1-12-4-5-13(2)17(10-12)14(3)20-18(21)11-15-6-8-16(19)9-7-15/h4-10,14H,11H2,1-3H3,(H,20,21). The molecule has 0 fully saturated rings. The third-order valence-corrected chi connectivity index (χ3v) is 3.81. The van der Waals surface area contributed by atoms with Crippen LogP contribution in [-0.4, -0.2) is 5.91 Å². The van der Waals surface area contributed by atoms with E-state index in [2.05, 4.69) is 37.4 Å². The summed E-state index contributed by atoms with van der Waals surface area (Å²) >= 11 is 5.84. The molecule has 0 radical (unpaired) electrons. The summed E-state index contributed by atoms with van der Waals surface area (Å²) in [5, 5.41) is 3.74. The highest BCUT2D eigenvalue weighted by molar-refractivity contribution is 6.30. The highest BCUT2D eigenvalue weighted by Crippen LogP contribution is 2.19. The average Bonchev–Trinajstić information content (AvgIpc) is 2.44. The third kappa shape index (κ3) is 4.33. The summed E-state index contributed by atoms with van der Waals surface area (Å²) in [7, 11) is 0. The van der Waals surface area contributed by atoms with Crippen molar-refractivity contribution in [3.8, 4) is 0 Å². The van der Waals surface area contributed by atoms with Crippen molar-refractivity contribution in [3.05, 3.63) is 69.7 Å². The van der Waals surface area contributed by atoms with Crippen LogP contribution in [0.1, 0.15) is 35.2 Å². The maximum absolute atomic E-state index is 12.1. The van der Waals surface area contributed by atoms with Gasteiger partial charge in [0.15, 0.2) is 0 Å². The van der Waals surface area contributed by atoms with Gasteiger partial charge in [0, 0.05) is 5.02 Å². The molecule has 1 amide bonds. The summed E-state index contributed by atoms with van der Waals surface area (Å²) < 4.78 is 0. The van der Waals surface area contributed by atoms with Gasteiger partial charge < -0.3 is 5.32 Å². The van der Waals surface area contributed by atoms with Crippen LogP contribution in [0.25, 0.3) is 0 Å². The fraction of sp³-hybridized carbons (Fsp3) is 0.278. The quantitative estimate of drug-likeness (QED) is 0.892. The molecule has 0 bridgehead atoms. The maximum atomic E-state index is 12.1. The molecular weight excluding hydrogens is 282 g/mol. The van der Waals surface area contributed by atoms with Gasteiger partial charge in [-0.2, -0.15) is 0 Å². The van der Waals surface area contributed by atoms with E-state index in [0.717, 1.165) is 5.56 Å². The molecule has 2 aromatic rings. The van der Waals surface area contributed by atoms with Crippen LogP contribution in [0.5, 0.6) is 0 Å². The molecule has 0 aliphatic heterocycles. The van der Waals surface area contributed by atoms with Crippen molar-refractivity contribution in [2.75, 3.05) is 0 Å². The van der Waals surface area contributed by atoms with Crippen LogP contribution in [0.3, 0.4) is 0 Å². The fourth-order valence-corrected chi connectivity index (χ4v) is 2.51. The van der Waals surface area contributed by atoms with E-state index in [9.17, 15) is 4.79 Å². The van der Waals surface area contributed by atoms with E-state index in [-0.39, 0.29) is 11.9 Å². The molecule has 0 saturated heterocycles. The Morgan fingerprint density at radius 1 is 1.14 bits per heavy atom. The number of benzene rings is 2. The Balaban J connectivity index is 2.01. The summed E-state index contributed by atoms with van der Waals surface area (Å²) in [6.07, 6.45) is 0.367. The van der Waals surface area contributed by atoms with E-state index in [1.807, 2.05) is 19.1 Å². The molecule has 2 aromatic carbocycles. The summed E-state index contributed by atoms with van der Waals surface area (Å²) in [6, 6.07) is 13.7. The number of hydrogen-bond acceptors (Lipinski definition) is 1. The summed E-state index contributed by atoms with van der Waals surface area (Å²) in [4.78, 5) is 12.1. The topological polar surface area (TPSA) is 29.1 Å². The number of carbonyl (C=O) groups is 1. The van der Waals surface area contributed by atoms with Crippen molar-refractivity contribution < 1.29 is 4.79 Å². The first-order valence-corrected chi connectivity index (χ1v) is 7.44. The van der Waals surface area contributed by atoms with Crippen molar-refractivity contribution in [1.82, 2.24) is 5.32 Å². The first kappa shape index (κ1) is 15.6. The lowest BCUT2D eigenvalue weighted by Gasteiger charge is -2.17. The minimum absolute atomic E-state index is 0.00435. The van der Waals surface area contributed by atoms with E-state index in [4.69, 9.17) is 11.6 Å². The molecular formula is C18H20ClNO. The van der Waals surface area contributed by atoms with Gasteiger partial charge in [0.2, 0.25) is 5.91 Å². The lowest BCUT2D eigenvalue weighted by atomic mass is 10.00. The van der Waals surface area contributed by atoms with Crippen LogP contribution in [-0.2, 0) is 11.2 Å². The van der Waals surface area contributed by atoms with Crippen LogP contribution in [0, 0.1) is 13.8 Å². The van der Waals surface area contributed by atoms with Gasteiger partial charge in [-0.15, -0.1) is 0 Å². The molecule has 3 heteroatoms. The summed E-state index contributed by atoms with van der Waals surface area (Å²) in [6.45, 7) is 6.14. The second kappa shape index (κ2) is 6.77. The van der Waals surface area contributed by atoms with Crippen LogP contribution >= 0.6 is 11.6 Å². The normalized spacial score (nSPS) is 12.0. The van der Waals surface area contributed by atoms with Gasteiger partial charge >= 0.3 is 0 Å². The van der Waals surface area contributed by atoms with E-state index in [0.29, 0.717) is 11.4 Å². The lowest BCUT2D eigenvalue weighted by molar-refractivity contribution is -0.121. The van der Waals surface area contributed by atoms with Crippen molar-refractivity contribution in [3.63, 3.8) is 0 Å². The molecule has 2 nitrogen and oxygen atoms in total. The second-order valence-electron chi connectivity index (χ2n) is 5.45. The third-order valence-electron chi connectivity index (χ3n) is 3.56. The molecule has 21 heavy (non-hydrogen) atoms. The van der Waals surface area contributed by atoms with Crippen molar-refractivity contribution in [2.24, 2.45) is 0 Å². The highest BCUT2D eigenvalue weighted by atomic mass is 35.5. The van der Waals surface area contributed by atoms with Gasteiger partial charge in [-0.3, -0.25) is 4.79 Å². The van der Waals surface area contributed by atoms with Gasteiger partial charge in [0.1, 0.15) is 0 Å². The Labute approximate surface area is 131 Å². The largest absolute Gasteiger partial charge is 0.349 e. The number of halogens is 1. The SMILES string of the molecule is Cc1ccc(C)c(C(C)NC(=O)Cc2ccc(Cl)cc2)c1. The Kier molecular flexibility index (Phi) is 5.03. The van der Waals surface area contributed by atoms with Crippen molar-refractivity contribution >= 4 is 17.5 Å². The van der Waals surface area contributed by atoms with Gasteiger partial charge in [-0.05, 0) is 49.6 Å². The van der Waals surface area contributed by atoms with Crippen molar-refractivity contribution in [2.45, 2.75) is 33.2 Å². The van der Waals surface area contributed by atoms with Gasteiger partial charge in [0.25, 0.3) is 0 Å². The zero-order valence-electron chi connectivity index (χ0n) is 12.6. The number of aryl methyl sites for hydroxylation is 2. The first-order chi connectivity index (χ1) is 9.95. The minimum Gasteiger partial charge on any atom is -0.349 e. The zero-order valence-corrected chi connectivity index (χ0v) is 13.4. The number of nitrogens with one attached hydrogen (secondary N) is 1. The maximum Gasteiger partial charge on any atom is 0.224 e.